The molecule has 0 heterocycles. The Bertz CT molecular complexity index is 1110. The van der Waals surface area contributed by atoms with Gasteiger partial charge in [0.05, 0.1) is 0 Å². The van der Waals surface area contributed by atoms with Gasteiger partial charge in [-0.05, 0) is 73.4 Å². The summed E-state index contributed by atoms with van der Waals surface area (Å²) in [6.45, 7) is 6.49. The fourth-order valence-corrected chi connectivity index (χ4v) is 3.98. The highest BCUT2D eigenvalue weighted by atomic mass is 15.1. The SMILES string of the molecule is CCC/C(=C\c1ccc(N(c2ccc(C)cc2)c2ccc(C)cc2)cc1)c1ccccc1. The van der Waals surface area contributed by atoms with Crippen molar-refractivity contribution in [1.82, 2.24) is 0 Å². The number of anilines is 3. The molecule has 32 heavy (non-hydrogen) atoms. The molecule has 0 aromatic heterocycles. The number of benzene rings is 4. The van der Waals surface area contributed by atoms with Gasteiger partial charge in [0, 0.05) is 17.1 Å². The van der Waals surface area contributed by atoms with Crippen LogP contribution >= 0.6 is 0 Å². The van der Waals surface area contributed by atoms with E-state index >= 15 is 0 Å². The van der Waals surface area contributed by atoms with Crippen LogP contribution in [0.2, 0.25) is 0 Å². The summed E-state index contributed by atoms with van der Waals surface area (Å²) in [5, 5.41) is 0. The zero-order valence-corrected chi connectivity index (χ0v) is 19.3. The highest BCUT2D eigenvalue weighted by Gasteiger charge is 2.12. The minimum Gasteiger partial charge on any atom is -0.311 e. The Labute approximate surface area is 192 Å². The van der Waals surface area contributed by atoms with Crippen molar-refractivity contribution >= 4 is 28.7 Å². The van der Waals surface area contributed by atoms with E-state index in [4.69, 9.17) is 0 Å². The molecule has 4 aromatic carbocycles. The first-order valence-corrected chi connectivity index (χ1v) is 11.4. The van der Waals surface area contributed by atoms with Gasteiger partial charge in [-0.1, -0.05) is 97.3 Å². The van der Waals surface area contributed by atoms with Crippen LogP contribution in [0.1, 0.15) is 42.0 Å². The first-order valence-electron chi connectivity index (χ1n) is 11.4. The summed E-state index contributed by atoms with van der Waals surface area (Å²) >= 11 is 0. The van der Waals surface area contributed by atoms with E-state index in [1.165, 1.54) is 39.2 Å². The molecule has 0 fully saturated rings. The predicted octanol–water partition coefficient (Wildman–Crippen LogP) is 9.11. The highest BCUT2D eigenvalue weighted by Crippen LogP contribution is 2.35. The van der Waals surface area contributed by atoms with Crippen LogP contribution < -0.4 is 4.90 Å². The maximum atomic E-state index is 2.32. The molecule has 0 aliphatic heterocycles. The van der Waals surface area contributed by atoms with Crippen LogP contribution in [0.5, 0.6) is 0 Å². The molecule has 4 aromatic rings. The van der Waals surface area contributed by atoms with E-state index in [0.717, 1.165) is 18.5 Å². The smallest absolute Gasteiger partial charge is 0.0462 e. The molecule has 0 unspecified atom stereocenters. The third kappa shape index (κ3) is 5.18. The predicted molar refractivity (Wildman–Crippen MR) is 140 cm³/mol. The average Bonchev–Trinajstić information content (AvgIpc) is 2.83. The Balaban J connectivity index is 1.70. The zero-order chi connectivity index (χ0) is 22.3. The Hall–Kier alpha value is -3.58. The van der Waals surface area contributed by atoms with Gasteiger partial charge >= 0.3 is 0 Å². The van der Waals surface area contributed by atoms with Gasteiger partial charge in [-0.25, -0.2) is 0 Å². The van der Waals surface area contributed by atoms with Crippen molar-refractivity contribution < 1.29 is 0 Å². The molecular weight excluding hydrogens is 386 g/mol. The minimum atomic E-state index is 1.07. The maximum Gasteiger partial charge on any atom is 0.0462 e. The molecule has 0 aliphatic rings. The first kappa shape index (κ1) is 21.6. The summed E-state index contributed by atoms with van der Waals surface area (Å²) in [5.74, 6) is 0. The molecule has 1 heteroatoms. The number of allylic oxidation sites excluding steroid dienone is 1. The van der Waals surface area contributed by atoms with Crippen LogP contribution in [0.4, 0.5) is 17.1 Å². The van der Waals surface area contributed by atoms with Gasteiger partial charge in [0.15, 0.2) is 0 Å². The van der Waals surface area contributed by atoms with Gasteiger partial charge in [-0.15, -0.1) is 0 Å². The Morgan fingerprint density at radius 2 is 1.09 bits per heavy atom. The van der Waals surface area contributed by atoms with E-state index in [0.29, 0.717) is 0 Å². The first-order chi connectivity index (χ1) is 15.6. The molecule has 0 saturated heterocycles. The summed E-state index contributed by atoms with van der Waals surface area (Å²) in [6.07, 6.45) is 4.53. The van der Waals surface area contributed by atoms with E-state index in [1.54, 1.807) is 0 Å². The molecule has 4 rings (SSSR count). The lowest BCUT2D eigenvalue weighted by atomic mass is 9.98. The Kier molecular flexibility index (Phi) is 6.87. The van der Waals surface area contributed by atoms with E-state index in [2.05, 4.69) is 135 Å². The second kappa shape index (κ2) is 10.2. The molecule has 0 amide bonds. The van der Waals surface area contributed by atoms with Crippen molar-refractivity contribution in [2.45, 2.75) is 33.6 Å². The summed E-state index contributed by atoms with van der Waals surface area (Å²) in [7, 11) is 0. The zero-order valence-electron chi connectivity index (χ0n) is 19.3. The summed E-state index contributed by atoms with van der Waals surface area (Å²) in [6, 6.07) is 37.1. The molecule has 0 radical (unpaired) electrons. The van der Waals surface area contributed by atoms with Crippen LogP contribution in [0.25, 0.3) is 11.6 Å². The maximum absolute atomic E-state index is 2.32. The number of aryl methyl sites for hydroxylation is 2. The second-order valence-corrected chi connectivity index (χ2v) is 8.38. The topological polar surface area (TPSA) is 3.24 Å². The van der Waals surface area contributed by atoms with E-state index in [1.807, 2.05) is 0 Å². The van der Waals surface area contributed by atoms with Crippen LogP contribution in [0.3, 0.4) is 0 Å². The number of nitrogens with zero attached hydrogens (tertiary/aromatic N) is 1. The van der Waals surface area contributed by atoms with Crippen LogP contribution in [0.15, 0.2) is 103 Å². The van der Waals surface area contributed by atoms with Crippen molar-refractivity contribution in [2.24, 2.45) is 0 Å². The Morgan fingerprint density at radius 1 is 0.625 bits per heavy atom. The standard InChI is InChI=1S/C31H31N/c1-4-8-28(27-9-6-5-7-10-27)23-26-15-21-31(22-16-26)32(29-17-11-24(2)12-18-29)30-19-13-25(3)14-20-30/h5-7,9-23H,4,8H2,1-3H3/b28-23+. The molecule has 0 saturated carbocycles. The Morgan fingerprint density at radius 3 is 1.56 bits per heavy atom. The number of hydrogen-bond donors (Lipinski definition) is 0. The van der Waals surface area contributed by atoms with Crippen molar-refractivity contribution in [1.29, 1.82) is 0 Å². The largest absolute Gasteiger partial charge is 0.311 e. The van der Waals surface area contributed by atoms with Gasteiger partial charge < -0.3 is 4.90 Å². The van der Waals surface area contributed by atoms with E-state index in [-0.39, 0.29) is 0 Å². The van der Waals surface area contributed by atoms with Crippen LogP contribution in [0, 0.1) is 13.8 Å². The molecular formula is C31H31N. The molecule has 0 bridgehead atoms. The van der Waals surface area contributed by atoms with Gasteiger partial charge in [0.25, 0.3) is 0 Å². The normalized spacial score (nSPS) is 11.4. The van der Waals surface area contributed by atoms with Gasteiger partial charge in [0.2, 0.25) is 0 Å². The highest BCUT2D eigenvalue weighted by molar-refractivity contribution is 5.83. The van der Waals surface area contributed by atoms with E-state index < -0.39 is 0 Å². The molecule has 0 aliphatic carbocycles. The number of rotatable bonds is 7. The summed E-state index contributed by atoms with van der Waals surface area (Å²) < 4.78 is 0. The van der Waals surface area contributed by atoms with Crippen molar-refractivity contribution in [3.63, 3.8) is 0 Å². The lowest BCUT2D eigenvalue weighted by Gasteiger charge is -2.26. The number of hydrogen-bond acceptors (Lipinski definition) is 1. The van der Waals surface area contributed by atoms with Crippen LogP contribution in [-0.2, 0) is 0 Å². The van der Waals surface area contributed by atoms with Gasteiger partial charge in [-0.3, -0.25) is 0 Å². The van der Waals surface area contributed by atoms with E-state index in [9.17, 15) is 0 Å². The van der Waals surface area contributed by atoms with Gasteiger partial charge in [-0.2, -0.15) is 0 Å². The van der Waals surface area contributed by atoms with Gasteiger partial charge in [0.1, 0.15) is 0 Å². The molecule has 0 atom stereocenters. The van der Waals surface area contributed by atoms with Crippen molar-refractivity contribution in [2.75, 3.05) is 4.90 Å². The fraction of sp³-hybridized carbons (Fsp3) is 0.161. The third-order valence-corrected chi connectivity index (χ3v) is 5.74. The molecule has 160 valence electrons. The third-order valence-electron chi connectivity index (χ3n) is 5.74. The summed E-state index contributed by atoms with van der Waals surface area (Å²) in [5.41, 5.74) is 9.94. The summed E-state index contributed by atoms with van der Waals surface area (Å²) in [4.78, 5) is 2.32. The monoisotopic (exact) mass is 417 g/mol. The molecule has 0 N–H and O–H groups in total. The van der Waals surface area contributed by atoms with Crippen molar-refractivity contribution in [3.05, 3.63) is 125 Å². The molecule has 1 nitrogen and oxygen atoms in total. The molecule has 0 spiro atoms. The lowest BCUT2D eigenvalue weighted by molar-refractivity contribution is 0.976. The average molecular weight is 418 g/mol. The minimum absolute atomic E-state index is 1.07. The van der Waals surface area contributed by atoms with Crippen molar-refractivity contribution in [3.8, 4) is 0 Å². The quantitative estimate of drug-likeness (QED) is 0.271. The van der Waals surface area contributed by atoms with Crippen LogP contribution in [-0.4, -0.2) is 0 Å². The fourth-order valence-electron chi connectivity index (χ4n) is 3.98. The second-order valence-electron chi connectivity index (χ2n) is 8.38. The lowest BCUT2D eigenvalue weighted by Crippen LogP contribution is -2.09.